The van der Waals surface area contributed by atoms with Gasteiger partial charge in [0, 0.05) is 24.2 Å². The van der Waals surface area contributed by atoms with Gasteiger partial charge in [-0.2, -0.15) is 5.10 Å². The van der Waals surface area contributed by atoms with Crippen molar-refractivity contribution in [2.45, 2.75) is 19.8 Å². The van der Waals surface area contributed by atoms with Crippen molar-refractivity contribution in [2.75, 3.05) is 26.2 Å². The van der Waals surface area contributed by atoms with Gasteiger partial charge in [-0.1, -0.05) is 12.1 Å². The molecule has 2 atom stereocenters. The summed E-state index contributed by atoms with van der Waals surface area (Å²) >= 11 is 0. The van der Waals surface area contributed by atoms with E-state index in [0.717, 1.165) is 67.8 Å². The van der Waals surface area contributed by atoms with Gasteiger partial charge < -0.3 is 10.2 Å². The summed E-state index contributed by atoms with van der Waals surface area (Å²) < 4.78 is 0. The zero-order chi connectivity index (χ0) is 16.5. The number of hydrogen-bond acceptors (Lipinski definition) is 4. The van der Waals surface area contributed by atoms with E-state index >= 15 is 0 Å². The second-order valence-electron chi connectivity index (χ2n) is 6.87. The zero-order valence-electron chi connectivity index (χ0n) is 14.4. The number of amides is 1. The van der Waals surface area contributed by atoms with Crippen molar-refractivity contribution in [3.63, 3.8) is 0 Å². The summed E-state index contributed by atoms with van der Waals surface area (Å²) in [5.41, 5.74) is 1.67. The molecule has 25 heavy (non-hydrogen) atoms. The lowest BCUT2D eigenvalue weighted by atomic mass is 9.92. The predicted octanol–water partition coefficient (Wildman–Crippen LogP) is 2.27. The summed E-state index contributed by atoms with van der Waals surface area (Å²) in [6.07, 6.45) is 2.22. The number of likely N-dealkylation sites (tertiary alicyclic amines) is 1. The number of nitrogens with zero attached hydrogens (tertiary/aromatic N) is 3. The lowest BCUT2D eigenvalue weighted by Gasteiger charge is -2.21. The molecule has 0 radical (unpaired) electrons. The molecule has 2 N–H and O–H groups in total. The van der Waals surface area contributed by atoms with Crippen molar-refractivity contribution < 1.29 is 4.79 Å². The molecule has 2 aliphatic heterocycles. The first-order chi connectivity index (χ1) is 11.7. The minimum absolute atomic E-state index is 0. The average Bonchev–Trinajstić information content (AvgIpc) is 3.19. The Morgan fingerprint density at radius 2 is 1.76 bits per heavy atom. The largest absolute Gasteiger partial charge is 0.339 e. The minimum atomic E-state index is 0. The molecule has 2 aliphatic rings. The molecule has 0 unspecified atom stereocenters. The number of hydrogen-bond donors (Lipinski definition) is 2. The summed E-state index contributed by atoms with van der Waals surface area (Å²) in [5.74, 6) is 3.07. The first kappa shape index (κ1) is 17.9. The third-order valence-electron chi connectivity index (χ3n) is 5.29. The van der Waals surface area contributed by atoms with E-state index in [1.807, 2.05) is 36.1 Å². The third kappa shape index (κ3) is 3.70. The van der Waals surface area contributed by atoms with E-state index in [9.17, 15) is 4.79 Å². The lowest BCUT2D eigenvalue weighted by Crippen LogP contribution is -2.32. The Bertz CT molecular complexity index is 715. The highest BCUT2D eigenvalue weighted by molar-refractivity contribution is 5.94. The van der Waals surface area contributed by atoms with Crippen LogP contribution in [0.1, 0.15) is 29.0 Å². The number of carbonyl (C=O) groups is 1. The summed E-state index contributed by atoms with van der Waals surface area (Å²) in [7, 11) is 0. The number of aromatic nitrogens is 3. The number of rotatable bonds is 2. The molecule has 0 bridgehead atoms. The molecule has 6 nitrogen and oxygen atoms in total. The molecular weight excluding hydrogens is 338 g/mol. The maximum absolute atomic E-state index is 12.8. The highest BCUT2D eigenvalue weighted by Crippen LogP contribution is 2.27. The molecule has 0 saturated carbocycles. The van der Waals surface area contributed by atoms with Gasteiger partial charge in [-0.05, 0) is 56.8 Å². The van der Waals surface area contributed by atoms with Crippen LogP contribution in [0, 0.1) is 18.8 Å². The van der Waals surface area contributed by atoms with Crippen molar-refractivity contribution in [2.24, 2.45) is 11.8 Å². The van der Waals surface area contributed by atoms with E-state index in [4.69, 9.17) is 0 Å². The number of nitrogens with one attached hydrogen (secondary N) is 2. The number of carbonyl (C=O) groups excluding carboxylic acids is 1. The second kappa shape index (κ2) is 7.54. The van der Waals surface area contributed by atoms with Gasteiger partial charge in [-0.25, -0.2) is 4.98 Å². The molecule has 2 fully saturated rings. The van der Waals surface area contributed by atoms with E-state index < -0.39 is 0 Å². The molecule has 134 valence electrons. The number of aryl methyl sites for hydroxylation is 1. The smallest absolute Gasteiger partial charge is 0.253 e. The van der Waals surface area contributed by atoms with E-state index in [2.05, 4.69) is 20.5 Å². The van der Waals surface area contributed by atoms with Crippen molar-refractivity contribution in [3.8, 4) is 11.4 Å². The minimum Gasteiger partial charge on any atom is -0.339 e. The normalized spacial score (nSPS) is 22.8. The van der Waals surface area contributed by atoms with Gasteiger partial charge >= 0.3 is 0 Å². The molecule has 0 aliphatic carbocycles. The van der Waals surface area contributed by atoms with Crippen molar-refractivity contribution in [3.05, 3.63) is 35.7 Å². The van der Waals surface area contributed by atoms with Crippen LogP contribution in [0.25, 0.3) is 11.4 Å². The fourth-order valence-electron chi connectivity index (χ4n) is 3.84. The molecule has 1 amide bonds. The number of aromatic amines is 1. The molecule has 2 aromatic rings. The van der Waals surface area contributed by atoms with Crippen LogP contribution in [0.5, 0.6) is 0 Å². The fourth-order valence-corrected chi connectivity index (χ4v) is 3.84. The standard InChI is InChI=1S/C18H23N5O.ClH/c1-12-20-17(22-21-12)13-2-4-14(5-3-13)18(24)23-8-6-15-10-19-11-16(15)7-9-23;/h2-5,15-16,19H,6-11H2,1H3,(H,20,21,22);1H/t15-,16+;. The first-order valence-electron chi connectivity index (χ1n) is 8.70. The van der Waals surface area contributed by atoms with Crippen LogP contribution in [0.2, 0.25) is 0 Å². The van der Waals surface area contributed by atoms with Gasteiger partial charge in [0.15, 0.2) is 5.82 Å². The summed E-state index contributed by atoms with van der Waals surface area (Å²) in [4.78, 5) is 19.1. The molecular formula is C18H24ClN5O. The Morgan fingerprint density at radius 1 is 1.12 bits per heavy atom. The average molecular weight is 362 g/mol. The molecule has 2 saturated heterocycles. The number of halogens is 1. The monoisotopic (exact) mass is 361 g/mol. The van der Waals surface area contributed by atoms with Crippen LogP contribution in [0.4, 0.5) is 0 Å². The Hall–Kier alpha value is -1.92. The van der Waals surface area contributed by atoms with Crippen LogP contribution in [-0.2, 0) is 0 Å². The van der Waals surface area contributed by atoms with Gasteiger partial charge in [-0.3, -0.25) is 9.89 Å². The highest BCUT2D eigenvalue weighted by Gasteiger charge is 2.31. The van der Waals surface area contributed by atoms with E-state index in [-0.39, 0.29) is 18.3 Å². The van der Waals surface area contributed by atoms with Gasteiger partial charge in [-0.15, -0.1) is 12.4 Å². The Kier molecular flexibility index (Phi) is 5.39. The SMILES string of the molecule is Cc1nc(-c2ccc(C(=O)N3CC[C@@H]4CNC[C@@H]4CC3)cc2)n[nH]1.Cl. The lowest BCUT2D eigenvalue weighted by molar-refractivity contribution is 0.0758. The molecule has 4 rings (SSSR count). The fraction of sp³-hybridized carbons (Fsp3) is 0.500. The number of fused-ring (bicyclic) bond motifs is 1. The van der Waals surface area contributed by atoms with Crippen LogP contribution >= 0.6 is 12.4 Å². The van der Waals surface area contributed by atoms with Gasteiger partial charge in [0.1, 0.15) is 5.82 Å². The maximum Gasteiger partial charge on any atom is 0.253 e. The van der Waals surface area contributed by atoms with E-state index in [1.54, 1.807) is 0 Å². The number of H-pyrrole nitrogens is 1. The summed E-state index contributed by atoms with van der Waals surface area (Å²) in [5, 5.41) is 10.5. The molecule has 7 heteroatoms. The third-order valence-corrected chi connectivity index (χ3v) is 5.29. The topological polar surface area (TPSA) is 73.9 Å². The van der Waals surface area contributed by atoms with Crippen molar-refractivity contribution in [1.82, 2.24) is 25.4 Å². The first-order valence-corrected chi connectivity index (χ1v) is 8.70. The zero-order valence-corrected chi connectivity index (χ0v) is 15.2. The molecule has 3 heterocycles. The van der Waals surface area contributed by atoms with Crippen LogP contribution < -0.4 is 5.32 Å². The molecule has 1 aromatic carbocycles. The van der Waals surface area contributed by atoms with Gasteiger partial charge in [0.05, 0.1) is 0 Å². The van der Waals surface area contributed by atoms with Crippen molar-refractivity contribution in [1.29, 1.82) is 0 Å². The summed E-state index contributed by atoms with van der Waals surface area (Å²) in [6.45, 7) is 5.82. The highest BCUT2D eigenvalue weighted by atomic mass is 35.5. The molecule has 1 aromatic heterocycles. The second-order valence-corrected chi connectivity index (χ2v) is 6.87. The van der Waals surface area contributed by atoms with Gasteiger partial charge in [0.25, 0.3) is 5.91 Å². The van der Waals surface area contributed by atoms with E-state index in [0.29, 0.717) is 5.82 Å². The van der Waals surface area contributed by atoms with Crippen LogP contribution in [0.15, 0.2) is 24.3 Å². The Morgan fingerprint density at radius 3 is 2.32 bits per heavy atom. The maximum atomic E-state index is 12.8. The quantitative estimate of drug-likeness (QED) is 0.860. The summed E-state index contributed by atoms with van der Waals surface area (Å²) in [6, 6.07) is 7.62. The van der Waals surface area contributed by atoms with E-state index in [1.165, 1.54) is 0 Å². The predicted molar refractivity (Wildman–Crippen MR) is 98.8 cm³/mol. The molecule has 0 spiro atoms. The Labute approximate surface area is 153 Å². The van der Waals surface area contributed by atoms with Crippen LogP contribution in [-0.4, -0.2) is 52.2 Å². The van der Waals surface area contributed by atoms with Crippen molar-refractivity contribution >= 4 is 18.3 Å². The number of benzene rings is 1. The Balaban J connectivity index is 0.00000182. The van der Waals surface area contributed by atoms with Crippen LogP contribution in [0.3, 0.4) is 0 Å². The van der Waals surface area contributed by atoms with Gasteiger partial charge in [0.2, 0.25) is 0 Å².